The van der Waals surface area contributed by atoms with Crippen molar-refractivity contribution in [3.63, 3.8) is 0 Å². The molecule has 29 heavy (non-hydrogen) atoms. The van der Waals surface area contributed by atoms with Crippen LogP contribution in [0.1, 0.15) is 25.3 Å². The van der Waals surface area contributed by atoms with Gasteiger partial charge in [0, 0.05) is 25.6 Å². The van der Waals surface area contributed by atoms with E-state index in [9.17, 15) is 14.0 Å². The van der Waals surface area contributed by atoms with E-state index in [4.69, 9.17) is 9.47 Å². The van der Waals surface area contributed by atoms with Crippen molar-refractivity contribution < 1.29 is 23.5 Å². The standard InChI is InChI=1S/C22H27FN2O4/c1-16(22(27)24-2)25(15-17-7-4-5-8-20(17)23)21(26)9-6-14-29-19-12-10-18(28-3)11-13-19/h4-5,7-8,10-13,16H,6,9,14-15H2,1-3H3,(H,24,27)/t16-/m1/s1. The maximum Gasteiger partial charge on any atom is 0.242 e. The smallest absolute Gasteiger partial charge is 0.242 e. The highest BCUT2D eigenvalue weighted by molar-refractivity contribution is 5.87. The van der Waals surface area contributed by atoms with Crippen molar-refractivity contribution in [3.05, 3.63) is 59.9 Å². The average Bonchev–Trinajstić information content (AvgIpc) is 2.75. The molecule has 0 aliphatic rings. The zero-order valence-electron chi connectivity index (χ0n) is 17.0. The van der Waals surface area contributed by atoms with Gasteiger partial charge >= 0.3 is 0 Å². The number of nitrogens with one attached hydrogen (secondary N) is 1. The van der Waals surface area contributed by atoms with E-state index in [1.807, 2.05) is 0 Å². The van der Waals surface area contributed by atoms with Gasteiger partial charge in [-0.2, -0.15) is 0 Å². The Balaban J connectivity index is 1.95. The zero-order valence-corrected chi connectivity index (χ0v) is 17.0. The van der Waals surface area contributed by atoms with Crippen molar-refractivity contribution in [3.8, 4) is 11.5 Å². The van der Waals surface area contributed by atoms with E-state index in [-0.39, 0.29) is 24.8 Å². The Labute approximate surface area is 170 Å². The number of likely N-dealkylation sites (N-methyl/N-ethyl adjacent to an activating group) is 1. The number of amides is 2. The maximum absolute atomic E-state index is 14.0. The molecule has 0 aliphatic heterocycles. The summed E-state index contributed by atoms with van der Waals surface area (Å²) in [5, 5.41) is 2.54. The van der Waals surface area contributed by atoms with E-state index in [1.54, 1.807) is 56.5 Å². The molecular formula is C22H27FN2O4. The van der Waals surface area contributed by atoms with Crippen LogP contribution in [0.4, 0.5) is 4.39 Å². The van der Waals surface area contributed by atoms with Crippen LogP contribution in [0.2, 0.25) is 0 Å². The first-order valence-corrected chi connectivity index (χ1v) is 9.47. The Bertz CT molecular complexity index is 811. The fourth-order valence-corrected chi connectivity index (χ4v) is 2.83. The lowest BCUT2D eigenvalue weighted by molar-refractivity contribution is -0.140. The number of methoxy groups -OCH3 is 1. The molecule has 2 rings (SSSR count). The number of benzene rings is 2. The second-order valence-electron chi connectivity index (χ2n) is 6.53. The predicted octanol–water partition coefficient (Wildman–Crippen LogP) is 3.16. The van der Waals surface area contributed by atoms with E-state index in [2.05, 4.69) is 5.32 Å². The molecule has 0 aromatic heterocycles. The van der Waals surface area contributed by atoms with E-state index in [0.717, 1.165) is 5.75 Å². The Morgan fingerprint density at radius 1 is 1.10 bits per heavy atom. The SMILES string of the molecule is CNC(=O)[C@@H](C)N(Cc1ccccc1F)C(=O)CCCOc1ccc(OC)cc1. The topological polar surface area (TPSA) is 67.9 Å². The van der Waals surface area contributed by atoms with E-state index >= 15 is 0 Å². The van der Waals surface area contributed by atoms with Crippen LogP contribution in [0.5, 0.6) is 11.5 Å². The molecular weight excluding hydrogens is 375 g/mol. The Morgan fingerprint density at radius 2 is 1.76 bits per heavy atom. The largest absolute Gasteiger partial charge is 0.497 e. The van der Waals surface area contributed by atoms with E-state index in [1.165, 1.54) is 18.0 Å². The summed E-state index contributed by atoms with van der Waals surface area (Å²) in [7, 11) is 3.10. The predicted molar refractivity (Wildman–Crippen MR) is 108 cm³/mol. The summed E-state index contributed by atoms with van der Waals surface area (Å²) >= 11 is 0. The summed E-state index contributed by atoms with van der Waals surface area (Å²) in [5.41, 5.74) is 0.367. The lowest BCUT2D eigenvalue weighted by Gasteiger charge is -2.28. The summed E-state index contributed by atoms with van der Waals surface area (Å²) in [6.45, 7) is 2.00. The minimum absolute atomic E-state index is 0.0272. The molecule has 0 spiro atoms. The first-order chi connectivity index (χ1) is 14.0. The fourth-order valence-electron chi connectivity index (χ4n) is 2.83. The number of hydrogen-bond acceptors (Lipinski definition) is 4. The highest BCUT2D eigenvalue weighted by Gasteiger charge is 2.25. The fraction of sp³-hybridized carbons (Fsp3) is 0.364. The summed E-state index contributed by atoms with van der Waals surface area (Å²) < 4.78 is 24.8. The quantitative estimate of drug-likeness (QED) is 0.620. The molecule has 156 valence electrons. The Hall–Kier alpha value is -3.09. The maximum atomic E-state index is 14.0. The molecule has 0 unspecified atom stereocenters. The summed E-state index contributed by atoms with van der Waals surface area (Å²) in [4.78, 5) is 26.2. The molecule has 1 atom stereocenters. The van der Waals surface area contributed by atoms with Crippen molar-refractivity contribution in [1.82, 2.24) is 10.2 Å². The zero-order chi connectivity index (χ0) is 21.2. The van der Waals surface area contributed by atoms with Crippen molar-refractivity contribution in [1.29, 1.82) is 0 Å². The Kier molecular flexibility index (Phi) is 8.45. The third-order valence-electron chi connectivity index (χ3n) is 4.58. The van der Waals surface area contributed by atoms with Gasteiger partial charge in [-0.1, -0.05) is 18.2 Å². The molecule has 1 N–H and O–H groups in total. The number of carbonyl (C=O) groups is 2. The lowest BCUT2D eigenvalue weighted by atomic mass is 10.1. The first kappa shape index (κ1) is 22.2. The molecule has 0 saturated heterocycles. The highest BCUT2D eigenvalue weighted by Crippen LogP contribution is 2.18. The summed E-state index contributed by atoms with van der Waals surface area (Å²) in [6, 6.07) is 12.7. The molecule has 0 heterocycles. The number of rotatable bonds is 10. The molecule has 2 aromatic rings. The van der Waals surface area contributed by atoms with Gasteiger partial charge < -0.3 is 19.7 Å². The molecule has 0 radical (unpaired) electrons. The minimum Gasteiger partial charge on any atom is -0.497 e. The lowest BCUT2D eigenvalue weighted by Crippen LogP contribution is -2.46. The highest BCUT2D eigenvalue weighted by atomic mass is 19.1. The Morgan fingerprint density at radius 3 is 2.38 bits per heavy atom. The monoisotopic (exact) mass is 402 g/mol. The molecule has 7 heteroatoms. The number of carbonyl (C=O) groups excluding carboxylic acids is 2. The van der Waals surface area contributed by atoms with Crippen molar-refractivity contribution >= 4 is 11.8 Å². The number of hydrogen-bond donors (Lipinski definition) is 1. The van der Waals surface area contributed by atoms with Crippen LogP contribution in [0.25, 0.3) is 0 Å². The molecule has 0 saturated carbocycles. The van der Waals surface area contributed by atoms with Gasteiger partial charge in [0.15, 0.2) is 0 Å². The van der Waals surface area contributed by atoms with Gasteiger partial charge in [0.05, 0.1) is 13.7 Å². The second-order valence-corrected chi connectivity index (χ2v) is 6.53. The summed E-state index contributed by atoms with van der Waals surface area (Å²) in [6.07, 6.45) is 0.658. The van der Waals surface area contributed by atoms with Gasteiger partial charge in [0.25, 0.3) is 0 Å². The van der Waals surface area contributed by atoms with Crippen molar-refractivity contribution in [2.45, 2.75) is 32.4 Å². The van der Waals surface area contributed by atoms with Gasteiger partial charge in [-0.3, -0.25) is 9.59 Å². The number of ether oxygens (including phenoxy) is 2. The van der Waals surface area contributed by atoms with Gasteiger partial charge in [0.2, 0.25) is 11.8 Å². The van der Waals surface area contributed by atoms with E-state index < -0.39 is 11.9 Å². The second kappa shape index (κ2) is 11.0. The molecule has 2 aromatic carbocycles. The third-order valence-corrected chi connectivity index (χ3v) is 4.58. The van der Waals surface area contributed by atoms with E-state index in [0.29, 0.717) is 24.3 Å². The van der Waals surface area contributed by atoms with Gasteiger partial charge in [0.1, 0.15) is 23.4 Å². The molecule has 6 nitrogen and oxygen atoms in total. The molecule has 0 fully saturated rings. The van der Waals surface area contributed by atoms with Crippen LogP contribution >= 0.6 is 0 Å². The van der Waals surface area contributed by atoms with Crippen molar-refractivity contribution in [2.75, 3.05) is 20.8 Å². The van der Waals surface area contributed by atoms with Gasteiger partial charge in [-0.05, 0) is 43.7 Å². The number of halogens is 1. The third kappa shape index (κ3) is 6.48. The van der Waals surface area contributed by atoms with Crippen LogP contribution in [0.15, 0.2) is 48.5 Å². The van der Waals surface area contributed by atoms with Crippen LogP contribution < -0.4 is 14.8 Å². The molecule has 0 bridgehead atoms. The normalized spacial score (nSPS) is 11.4. The van der Waals surface area contributed by atoms with Crippen LogP contribution in [0, 0.1) is 5.82 Å². The van der Waals surface area contributed by atoms with Crippen LogP contribution in [0.3, 0.4) is 0 Å². The first-order valence-electron chi connectivity index (χ1n) is 9.47. The number of nitrogens with zero attached hydrogens (tertiary/aromatic N) is 1. The molecule has 0 aliphatic carbocycles. The van der Waals surface area contributed by atoms with Crippen LogP contribution in [-0.2, 0) is 16.1 Å². The average molecular weight is 402 g/mol. The minimum atomic E-state index is -0.713. The van der Waals surface area contributed by atoms with Gasteiger partial charge in [-0.15, -0.1) is 0 Å². The van der Waals surface area contributed by atoms with Crippen LogP contribution in [-0.4, -0.2) is 43.5 Å². The summed E-state index contributed by atoms with van der Waals surface area (Å²) in [5.74, 6) is 0.476. The molecule has 2 amide bonds. The van der Waals surface area contributed by atoms with Crippen molar-refractivity contribution in [2.24, 2.45) is 0 Å². The van der Waals surface area contributed by atoms with Gasteiger partial charge in [-0.25, -0.2) is 4.39 Å².